The fourth-order valence-corrected chi connectivity index (χ4v) is 11.1. The Morgan fingerprint density at radius 3 is 1.67 bits per heavy atom. The minimum absolute atomic E-state index is 0.0369. The smallest absolute Gasteiger partial charge is 0.338 e. The number of halogens is 3. The van der Waals surface area contributed by atoms with E-state index in [0.717, 1.165) is 66.3 Å². The third-order valence-electron chi connectivity index (χ3n) is 15.3. The Hall–Kier alpha value is -9.32. The van der Waals surface area contributed by atoms with Crippen molar-refractivity contribution in [2.75, 3.05) is 117 Å². The van der Waals surface area contributed by atoms with E-state index in [2.05, 4.69) is 124 Å². The van der Waals surface area contributed by atoms with Crippen molar-refractivity contribution < 1.29 is 13.2 Å². The zero-order valence-corrected chi connectivity index (χ0v) is 50.7. The van der Waals surface area contributed by atoms with Gasteiger partial charge in [0.1, 0.15) is 17.5 Å². The van der Waals surface area contributed by atoms with Gasteiger partial charge in [-0.05, 0) is 55.6 Å². The summed E-state index contributed by atoms with van der Waals surface area (Å²) in [5.74, 6) is 4.78. The molecule has 1 atom stereocenters. The van der Waals surface area contributed by atoms with Gasteiger partial charge < -0.3 is 24.5 Å². The lowest BCUT2D eigenvalue weighted by Gasteiger charge is -2.40. The SMILES string of the molecule is CCc1nc(Nc2ncc(Sc3ccc(C4CN(C)CCN4c4nc(CC)nc(Nc5nccc(-c6ccc(CN7CCN(c8nc(CC)nc(Nc9nc(-c%10ccccc%10)cc(C(F)(F)F)n9)n8)CC7)cn6)n5)n4)cc3)cn2)nc(N2CCN(C)CC2)n1. The zero-order valence-electron chi connectivity index (χ0n) is 49.9. The van der Waals surface area contributed by atoms with E-state index in [1.54, 1.807) is 60.7 Å². The van der Waals surface area contributed by atoms with Crippen LogP contribution in [0.4, 0.5) is 66.7 Å². The summed E-state index contributed by atoms with van der Waals surface area (Å²) in [4.78, 5) is 89.3. The molecule has 3 N–H and O–H groups in total. The number of pyridine rings is 1. The van der Waals surface area contributed by atoms with Crippen molar-refractivity contribution in [1.29, 1.82) is 0 Å². The van der Waals surface area contributed by atoms with E-state index in [1.165, 1.54) is 0 Å². The number of nitrogens with zero attached hydrogens (tertiary/aromatic N) is 22. The van der Waals surface area contributed by atoms with Crippen LogP contribution in [0.1, 0.15) is 61.1 Å². The molecule has 0 saturated carbocycles. The van der Waals surface area contributed by atoms with Gasteiger partial charge in [-0.1, -0.05) is 81.1 Å². The molecule has 29 heteroatoms. The Balaban J connectivity index is 0.659. The van der Waals surface area contributed by atoms with Crippen molar-refractivity contribution in [2.24, 2.45) is 0 Å². The molecule has 458 valence electrons. The van der Waals surface area contributed by atoms with Gasteiger partial charge in [-0.15, -0.1) is 0 Å². The summed E-state index contributed by atoms with van der Waals surface area (Å²) < 4.78 is 42.0. The van der Waals surface area contributed by atoms with E-state index in [-0.39, 0.29) is 23.6 Å². The lowest BCUT2D eigenvalue weighted by Crippen LogP contribution is -2.47. The largest absolute Gasteiger partial charge is 0.433 e. The van der Waals surface area contributed by atoms with E-state index >= 15 is 0 Å². The van der Waals surface area contributed by atoms with Crippen LogP contribution in [0.3, 0.4) is 0 Å². The van der Waals surface area contributed by atoms with Crippen LogP contribution in [0, 0.1) is 0 Å². The Bertz CT molecular complexity index is 3860. The van der Waals surface area contributed by atoms with E-state index < -0.39 is 11.9 Å². The molecule has 0 aliphatic carbocycles. The van der Waals surface area contributed by atoms with Crippen LogP contribution in [-0.4, -0.2) is 181 Å². The molecule has 3 aliphatic heterocycles. The van der Waals surface area contributed by atoms with Crippen LogP contribution in [0.15, 0.2) is 113 Å². The highest BCUT2D eigenvalue weighted by molar-refractivity contribution is 7.99. The van der Waals surface area contributed by atoms with Crippen molar-refractivity contribution in [3.05, 3.63) is 138 Å². The standard InChI is InChI=1S/C60H66F3N25S/c1-6-48-71-54(80-57(74-48)86-27-22-83(4)23-28-86)77-51-66-34-42(35-67-51)89-41-17-15-40(16-18-41)46-37-84(5)24-31-88(46)59-76-50(8-3)73-55(82-59)78-52-64-21-20-44(68-52)43-19-14-38(33-65-43)36-85-25-29-87(30-26-85)58-75-49(7-2)72-56(81-58)79-53-69-45(39-12-10-9-11-13-39)32-47(70-53)60(61,62)63/h9-21,32-35,46H,6-8,22-31,36-37H2,1-5H3,(H,64,68,73,76,78,82)(H,66,67,71,74,77,80)(H,69,70,72,75,79,81). The zero-order chi connectivity index (χ0) is 61.4. The molecular formula is C60H66F3N25S. The van der Waals surface area contributed by atoms with Crippen molar-refractivity contribution in [2.45, 2.75) is 68.6 Å². The maximum Gasteiger partial charge on any atom is 0.433 e. The predicted octanol–water partition coefficient (Wildman–Crippen LogP) is 8.00. The maximum absolute atomic E-state index is 14.0. The summed E-state index contributed by atoms with van der Waals surface area (Å²) in [7, 11) is 4.25. The fraction of sp³-hybridized carbons (Fsp3) is 0.367. The Labute approximate surface area is 516 Å². The number of aromatic nitrogens is 16. The molecule has 0 spiro atoms. The first-order valence-electron chi connectivity index (χ1n) is 29.6. The van der Waals surface area contributed by atoms with Crippen LogP contribution >= 0.6 is 11.8 Å². The third-order valence-corrected chi connectivity index (χ3v) is 16.2. The molecule has 12 rings (SSSR count). The van der Waals surface area contributed by atoms with Crippen molar-refractivity contribution in [3.63, 3.8) is 0 Å². The van der Waals surface area contributed by atoms with Gasteiger partial charge in [0.05, 0.1) is 23.1 Å². The molecule has 0 amide bonds. The molecule has 0 radical (unpaired) electrons. The molecule has 25 nitrogen and oxygen atoms in total. The van der Waals surface area contributed by atoms with Gasteiger partial charge in [0.25, 0.3) is 0 Å². The number of piperazine rings is 3. The van der Waals surface area contributed by atoms with Gasteiger partial charge in [0.2, 0.25) is 53.5 Å². The number of benzene rings is 2. The normalized spacial score (nSPS) is 16.2. The minimum atomic E-state index is -4.69. The highest BCUT2D eigenvalue weighted by Gasteiger charge is 2.35. The molecule has 89 heavy (non-hydrogen) atoms. The molecule has 1 unspecified atom stereocenters. The summed E-state index contributed by atoms with van der Waals surface area (Å²) in [6, 6.07) is 23.9. The Kier molecular flexibility index (Phi) is 18.2. The number of alkyl halides is 3. The first-order valence-corrected chi connectivity index (χ1v) is 30.4. The van der Waals surface area contributed by atoms with E-state index in [1.807, 2.05) is 50.1 Å². The second-order valence-corrected chi connectivity index (χ2v) is 22.8. The van der Waals surface area contributed by atoms with Gasteiger partial charge in [0.15, 0.2) is 5.69 Å². The van der Waals surface area contributed by atoms with Gasteiger partial charge in [-0.3, -0.25) is 25.8 Å². The van der Waals surface area contributed by atoms with Gasteiger partial charge >= 0.3 is 6.18 Å². The van der Waals surface area contributed by atoms with Crippen molar-refractivity contribution in [1.82, 2.24) is 94.4 Å². The third kappa shape index (κ3) is 15.0. The lowest BCUT2D eigenvalue weighted by atomic mass is 10.0. The number of aryl methyl sites for hydroxylation is 3. The summed E-state index contributed by atoms with van der Waals surface area (Å²) in [5, 5.41) is 9.29. The van der Waals surface area contributed by atoms with Crippen LogP contribution in [0.2, 0.25) is 0 Å². The Morgan fingerprint density at radius 1 is 0.483 bits per heavy atom. The molecule has 10 heterocycles. The quantitative estimate of drug-likeness (QED) is 0.0692. The predicted molar refractivity (Wildman–Crippen MR) is 333 cm³/mol. The second-order valence-electron chi connectivity index (χ2n) is 21.6. The highest BCUT2D eigenvalue weighted by Crippen LogP contribution is 2.35. The van der Waals surface area contributed by atoms with Crippen LogP contribution in [0.5, 0.6) is 0 Å². The average Bonchev–Trinajstić information content (AvgIpc) is 2.61. The lowest BCUT2D eigenvalue weighted by molar-refractivity contribution is -0.141. The number of rotatable bonds is 19. The molecule has 3 fully saturated rings. The summed E-state index contributed by atoms with van der Waals surface area (Å²) in [5.41, 5.74) is 3.01. The van der Waals surface area contributed by atoms with Gasteiger partial charge in [-0.2, -0.15) is 58.0 Å². The van der Waals surface area contributed by atoms with Crippen molar-refractivity contribution in [3.8, 4) is 22.6 Å². The minimum Gasteiger partial charge on any atom is -0.338 e. The summed E-state index contributed by atoms with van der Waals surface area (Å²) in [6.45, 7) is 15.1. The van der Waals surface area contributed by atoms with Crippen LogP contribution in [-0.2, 0) is 32.0 Å². The van der Waals surface area contributed by atoms with Gasteiger partial charge in [-0.25, -0.2) is 29.9 Å². The topological polar surface area (TPSA) is 262 Å². The Morgan fingerprint density at radius 2 is 1.06 bits per heavy atom. The first-order chi connectivity index (χ1) is 43.3. The summed E-state index contributed by atoms with van der Waals surface area (Å²) in [6.07, 6.45) is 4.20. The summed E-state index contributed by atoms with van der Waals surface area (Å²) >= 11 is 1.58. The van der Waals surface area contributed by atoms with Crippen LogP contribution in [0.25, 0.3) is 22.6 Å². The average molecular weight is 1230 g/mol. The van der Waals surface area contributed by atoms with Gasteiger partial charge in [0, 0.05) is 138 Å². The number of nitrogens with one attached hydrogen (secondary N) is 3. The van der Waals surface area contributed by atoms with E-state index in [4.69, 9.17) is 34.9 Å². The number of anilines is 9. The molecule has 0 bridgehead atoms. The van der Waals surface area contributed by atoms with E-state index in [0.29, 0.717) is 135 Å². The molecule has 3 aliphatic rings. The molecule has 3 saturated heterocycles. The van der Waals surface area contributed by atoms with E-state index in [9.17, 15) is 13.2 Å². The molecular weight excluding hydrogens is 1160 g/mol. The highest BCUT2D eigenvalue weighted by atomic mass is 32.2. The van der Waals surface area contributed by atoms with Crippen LogP contribution < -0.4 is 30.7 Å². The number of hydrogen-bond acceptors (Lipinski definition) is 26. The number of hydrogen-bond donors (Lipinski definition) is 3. The molecule has 7 aromatic heterocycles. The molecule has 9 aromatic rings. The number of likely N-dealkylation sites (N-methyl/N-ethyl adjacent to an activating group) is 2. The maximum atomic E-state index is 14.0. The fourth-order valence-electron chi connectivity index (χ4n) is 10.4. The first kappa shape index (κ1) is 60.0. The van der Waals surface area contributed by atoms with Crippen molar-refractivity contribution >= 4 is 65.3 Å². The molecule has 2 aromatic carbocycles. The monoisotopic (exact) mass is 1230 g/mol. The second kappa shape index (κ2) is 27.0.